The zero-order valence-corrected chi connectivity index (χ0v) is 12.5. The Morgan fingerprint density at radius 3 is 2.56 bits per heavy atom. The largest absolute Gasteiger partial charge is 0.349 e. The zero-order valence-electron chi connectivity index (χ0n) is 11.7. The Bertz CT molecular complexity index is 525. The summed E-state index contributed by atoms with van der Waals surface area (Å²) in [7, 11) is 0. The van der Waals surface area contributed by atoms with Crippen LogP contribution in [0.4, 0.5) is 5.95 Å². The first-order valence-electron chi connectivity index (χ1n) is 6.35. The number of hydrogen-bond acceptors (Lipinski definition) is 3. The molecule has 4 heteroatoms. The van der Waals surface area contributed by atoms with Crippen LogP contribution in [0, 0.1) is 13.8 Å². The second-order valence-electron chi connectivity index (χ2n) is 4.99. The van der Waals surface area contributed by atoms with Gasteiger partial charge in [-0.15, -0.1) is 11.3 Å². The predicted octanol–water partition coefficient (Wildman–Crippen LogP) is 4.32. The number of nitrogens with one attached hydrogen (secondary N) is 1. The van der Waals surface area contributed by atoms with E-state index < -0.39 is 0 Å². The van der Waals surface area contributed by atoms with Crippen molar-refractivity contribution in [2.75, 3.05) is 5.32 Å². The SMILES string of the molecule is Cc1cc(C(C)Nc2nccn2C(C)C)c(C)s1. The third-order valence-corrected chi connectivity index (χ3v) is 4.10. The number of aromatic nitrogens is 2. The van der Waals surface area contributed by atoms with Gasteiger partial charge in [-0.25, -0.2) is 4.98 Å². The fraction of sp³-hybridized carbons (Fsp3) is 0.500. The summed E-state index contributed by atoms with van der Waals surface area (Å²) >= 11 is 1.85. The molecule has 0 radical (unpaired) electrons. The van der Waals surface area contributed by atoms with Crippen LogP contribution in [0.1, 0.15) is 48.2 Å². The van der Waals surface area contributed by atoms with Gasteiger partial charge < -0.3 is 9.88 Å². The van der Waals surface area contributed by atoms with E-state index in [-0.39, 0.29) is 6.04 Å². The molecule has 2 aromatic rings. The van der Waals surface area contributed by atoms with E-state index in [4.69, 9.17) is 0 Å². The Morgan fingerprint density at radius 2 is 2.00 bits per heavy atom. The highest BCUT2D eigenvalue weighted by Gasteiger charge is 2.14. The van der Waals surface area contributed by atoms with Gasteiger partial charge in [0.2, 0.25) is 5.95 Å². The lowest BCUT2D eigenvalue weighted by molar-refractivity contribution is 0.600. The number of nitrogens with zero attached hydrogens (tertiary/aromatic N) is 2. The average molecular weight is 263 g/mol. The van der Waals surface area contributed by atoms with Crippen LogP contribution in [-0.2, 0) is 0 Å². The van der Waals surface area contributed by atoms with Crippen LogP contribution >= 0.6 is 11.3 Å². The van der Waals surface area contributed by atoms with Crippen molar-refractivity contribution in [2.24, 2.45) is 0 Å². The van der Waals surface area contributed by atoms with Gasteiger partial charge in [0.1, 0.15) is 0 Å². The van der Waals surface area contributed by atoms with E-state index in [0.717, 1.165) is 5.95 Å². The molecule has 0 saturated carbocycles. The van der Waals surface area contributed by atoms with Crippen molar-refractivity contribution in [3.8, 4) is 0 Å². The first-order valence-corrected chi connectivity index (χ1v) is 7.17. The van der Waals surface area contributed by atoms with E-state index in [1.807, 2.05) is 23.7 Å². The molecule has 18 heavy (non-hydrogen) atoms. The molecule has 0 aliphatic carbocycles. The minimum absolute atomic E-state index is 0.287. The molecule has 2 aromatic heterocycles. The number of thiophene rings is 1. The Kier molecular flexibility index (Phi) is 3.76. The molecule has 0 aromatic carbocycles. The molecule has 0 spiro atoms. The Labute approximate surface area is 113 Å². The molecule has 1 N–H and O–H groups in total. The third kappa shape index (κ3) is 2.58. The van der Waals surface area contributed by atoms with Crippen molar-refractivity contribution < 1.29 is 0 Å². The van der Waals surface area contributed by atoms with Crippen LogP contribution in [0.15, 0.2) is 18.5 Å². The summed E-state index contributed by atoms with van der Waals surface area (Å²) in [5.41, 5.74) is 1.37. The quantitative estimate of drug-likeness (QED) is 0.890. The summed E-state index contributed by atoms with van der Waals surface area (Å²) in [5, 5.41) is 3.50. The maximum atomic E-state index is 4.39. The monoisotopic (exact) mass is 263 g/mol. The molecule has 2 heterocycles. The highest BCUT2D eigenvalue weighted by Crippen LogP contribution is 2.28. The van der Waals surface area contributed by atoms with Gasteiger partial charge in [-0.3, -0.25) is 0 Å². The summed E-state index contributed by atoms with van der Waals surface area (Å²) in [4.78, 5) is 7.14. The molecule has 0 bridgehead atoms. The second kappa shape index (κ2) is 5.14. The normalized spacial score (nSPS) is 13.0. The fourth-order valence-electron chi connectivity index (χ4n) is 2.19. The van der Waals surface area contributed by atoms with Crippen LogP contribution in [0.5, 0.6) is 0 Å². The maximum absolute atomic E-state index is 4.39. The van der Waals surface area contributed by atoms with Gasteiger partial charge in [-0.05, 0) is 46.2 Å². The zero-order chi connectivity index (χ0) is 13.3. The second-order valence-corrected chi connectivity index (χ2v) is 6.45. The number of rotatable bonds is 4. The summed E-state index contributed by atoms with van der Waals surface area (Å²) < 4.78 is 2.16. The van der Waals surface area contributed by atoms with Crippen molar-refractivity contribution in [2.45, 2.75) is 46.7 Å². The molecule has 98 valence electrons. The number of hydrogen-bond donors (Lipinski definition) is 1. The van der Waals surface area contributed by atoms with E-state index >= 15 is 0 Å². The number of anilines is 1. The lowest BCUT2D eigenvalue weighted by Crippen LogP contribution is -2.12. The maximum Gasteiger partial charge on any atom is 0.203 e. The first kappa shape index (κ1) is 13.1. The van der Waals surface area contributed by atoms with Crippen LogP contribution < -0.4 is 5.32 Å². The Balaban J connectivity index is 2.18. The predicted molar refractivity (Wildman–Crippen MR) is 78.4 cm³/mol. The molecular formula is C14H21N3S. The molecule has 3 nitrogen and oxygen atoms in total. The molecule has 0 aliphatic heterocycles. The van der Waals surface area contributed by atoms with Gasteiger partial charge in [0.25, 0.3) is 0 Å². The highest BCUT2D eigenvalue weighted by molar-refractivity contribution is 7.12. The summed E-state index contributed by atoms with van der Waals surface area (Å²) in [6.45, 7) is 10.9. The van der Waals surface area contributed by atoms with Crippen molar-refractivity contribution >= 4 is 17.3 Å². The lowest BCUT2D eigenvalue weighted by atomic mass is 10.1. The van der Waals surface area contributed by atoms with E-state index in [0.29, 0.717) is 6.04 Å². The van der Waals surface area contributed by atoms with Crippen molar-refractivity contribution in [3.63, 3.8) is 0 Å². The van der Waals surface area contributed by atoms with E-state index in [1.165, 1.54) is 15.3 Å². The third-order valence-electron chi connectivity index (χ3n) is 3.12. The molecule has 1 atom stereocenters. The van der Waals surface area contributed by atoms with Crippen molar-refractivity contribution in [1.29, 1.82) is 0 Å². The van der Waals surface area contributed by atoms with Crippen molar-refractivity contribution in [3.05, 3.63) is 33.8 Å². The Hall–Kier alpha value is -1.29. The van der Waals surface area contributed by atoms with Crippen LogP contribution in [0.2, 0.25) is 0 Å². The summed E-state index contributed by atoms with van der Waals surface area (Å²) in [5.74, 6) is 0.945. The lowest BCUT2D eigenvalue weighted by Gasteiger charge is -2.18. The van der Waals surface area contributed by atoms with Gasteiger partial charge in [0.15, 0.2) is 0 Å². The highest BCUT2D eigenvalue weighted by atomic mass is 32.1. The molecule has 2 rings (SSSR count). The van der Waals surface area contributed by atoms with Gasteiger partial charge in [0, 0.05) is 28.2 Å². The first-order chi connectivity index (χ1) is 8.49. The summed E-state index contributed by atoms with van der Waals surface area (Å²) in [6, 6.07) is 2.97. The van der Waals surface area contributed by atoms with Gasteiger partial charge in [0.05, 0.1) is 6.04 Å². The standard InChI is InChI=1S/C14H21N3S/c1-9(2)17-7-6-15-14(17)16-11(4)13-8-10(3)18-12(13)5/h6-9,11H,1-5H3,(H,15,16). The number of imidazole rings is 1. The van der Waals surface area contributed by atoms with Gasteiger partial charge >= 0.3 is 0 Å². The van der Waals surface area contributed by atoms with Crippen LogP contribution in [-0.4, -0.2) is 9.55 Å². The van der Waals surface area contributed by atoms with Crippen molar-refractivity contribution in [1.82, 2.24) is 9.55 Å². The van der Waals surface area contributed by atoms with Gasteiger partial charge in [-0.2, -0.15) is 0 Å². The topological polar surface area (TPSA) is 29.9 Å². The smallest absolute Gasteiger partial charge is 0.203 e. The van der Waals surface area contributed by atoms with Crippen LogP contribution in [0.3, 0.4) is 0 Å². The molecule has 0 amide bonds. The van der Waals surface area contributed by atoms with E-state index in [1.54, 1.807) is 0 Å². The minimum Gasteiger partial charge on any atom is -0.349 e. The molecule has 0 saturated heterocycles. The minimum atomic E-state index is 0.287. The van der Waals surface area contributed by atoms with Crippen LogP contribution in [0.25, 0.3) is 0 Å². The molecule has 0 aliphatic rings. The van der Waals surface area contributed by atoms with E-state index in [2.05, 4.69) is 55.6 Å². The molecule has 1 unspecified atom stereocenters. The molecular weight excluding hydrogens is 242 g/mol. The molecule has 0 fully saturated rings. The number of aryl methyl sites for hydroxylation is 2. The summed E-state index contributed by atoms with van der Waals surface area (Å²) in [6.07, 6.45) is 3.87. The average Bonchev–Trinajstić information content (AvgIpc) is 2.85. The Morgan fingerprint density at radius 1 is 1.28 bits per heavy atom. The van der Waals surface area contributed by atoms with E-state index in [9.17, 15) is 0 Å². The fourth-order valence-corrected chi connectivity index (χ4v) is 3.22. The van der Waals surface area contributed by atoms with Gasteiger partial charge in [-0.1, -0.05) is 0 Å².